The van der Waals surface area contributed by atoms with Gasteiger partial charge in [0.2, 0.25) is 0 Å². The minimum atomic E-state index is -0.430. The normalized spacial score (nSPS) is 10.4. The zero-order valence-electron chi connectivity index (χ0n) is 15.9. The molecular formula is C22H21FN2O4. The molecule has 0 unspecified atom stereocenters. The number of rotatable bonds is 9. The SMILES string of the molecule is CCOc1cc(CNc2cccc([N+](=O)[O-])c2)ccc1OCc1ccccc1F. The van der Waals surface area contributed by atoms with Crippen molar-refractivity contribution in [1.29, 1.82) is 0 Å². The first kappa shape index (κ1) is 20.1. The van der Waals surface area contributed by atoms with Gasteiger partial charge in [-0.3, -0.25) is 10.1 Å². The Balaban J connectivity index is 1.69. The minimum Gasteiger partial charge on any atom is -0.490 e. The summed E-state index contributed by atoms with van der Waals surface area (Å²) in [6, 6.07) is 18.3. The monoisotopic (exact) mass is 396 g/mol. The number of nitrogens with zero attached hydrogens (tertiary/aromatic N) is 1. The standard InChI is InChI=1S/C22H21FN2O4/c1-2-28-22-12-16(14-24-18-7-5-8-19(13-18)25(26)27)10-11-21(22)29-15-17-6-3-4-9-20(17)23/h3-13,24H,2,14-15H2,1H3. The van der Waals surface area contributed by atoms with Gasteiger partial charge in [0.15, 0.2) is 11.5 Å². The molecule has 1 N–H and O–H groups in total. The van der Waals surface area contributed by atoms with Gasteiger partial charge in [-0.05, 0) is 36.8 Å². The number of non-ortho nitro benzene ring substituents is 1. The topological polar surface area (TPSA) is 73.6 Å². The lowest BCUT2D eigenvalue weighted by Gasteiger charge is -2.14. The van der Waals surface area contributed by atoms with Crippen molar-refractivity contribution in [1.82, 2.24) is 0 Å². The number of nitro groups is 1. The van der Waals surface area contributed by atoms with Crippen molar-refractivity contribution in [3.05, 3.63) is 93.8 Å². The first-order chi connectivity index (χ1) is 14.1. The molecule has 3 aromatic carbocycles. The average molecular weight is 396 g/mol. The second-order valence-corrected chi connectivity index (χ2v) is 6.26. The number of hydrogen-bond donors (Lipinski definition) is 1. The van der Waals surface area contributed by atoms with Crippen molar-refractivity contribution in [2.45, 2.75) is 20.1 Å². The van der Waals surface area contributed by atoms with Crippen LogP contribution in [0.25, 0.3) is 0 Å². The first-order valence-electron chi connectivity index (χ1n) is 9.17. The second-order valence-electron chi connectivity index (χ2n) is 6.26. The number of anilines is 1. The van der Waals surface area contributed by atoms with Gasteiger partial charge in [-0.25, -0.2) is 4.39 Å². The average Bonchev–Trinajstić information content (AvgIpc) is 2.73. The summed E-state index contributed by atoms with van der Waals surface area (Å²) in [4.78, 5) is 10.5. The molecule has 0 saturated heterocycles. The fourth-order valence-corrected chi connectivity index (χ4v) is 2.75. The summed E-state index contributed by atoms with van der Waals surface area (Å²) in [5.74, 6) is 0.764. The summed E-state index contributed by atoms with van der Waals surface area (Å²) >= 11 is 0. The Morgan fingerprint density at radius 1 is 1.00 bits per heavy atom. The fourth-order valence-electron chi connectivity index (χ4n) is 2.75. The van der Waals surface area contributed by atoms with Gasteiger partial charge in [-0.1, -0.05) is 30.3 Å². The van der Waals surface area contributed by atoms with E-state index in [1.54, 1.807) is 36.4 Å². The molecule has 6 nitrogen and oxygen atoms in total. The summed E-state index contributed by atoms with van der Waals surface area (Å²) < 4.78 is 25.2. The number of nitrogens with one attached hydrogen (secondary N) is 1. The lowest BCUT2D eigenvalue weighted by Crippen LogP contribution is -2.04. The first-order valence-corrected chi connectivity index (χ1v) is 9.17. The second kappa shape index (κ2) is 9.54. The van der Waals surface area contributed by atoms with Crippen molar-refractivity contribution in [2.24, 2.45) is 0 Å². The lowest BCUT2D eigenvalue weighted by atomic mass is 10.2. The van der Waals surface area contributed by atoms with Crippen molar-refractivity contribution in [3.8, 4) is 11.5 Å². The Hall–Kier alpha value is -3.61. The molecule has 150 valence electrons. The Morgan fingerprint density at radius 2 is 1.83 bits per heavy atom. The Bertz CT molecular complexity index is 994. The third kappa shape index (κ3) is 5.44. The highest BCUT2D eigenvalue weighted by atomic mass is 19.1. The van der Waals surface area contributed by atoms with Crippen LogP contribution in [0.5, 0.6) is 11.5 Å². The maximum Gasteiger partial charge on any atom is 0.271 e. The Kier molecular flexibility index (Phi) is 6.63. The van der Waals surface area contributed by atoms with Crippen LogP contribution in [-0.2, 0) is 13.2 Å². The van der Waals surface area contributed by atoms with E-state index in [9.17, 15) is 14.5 Å². The number of ether oxygens (including phenoxy) is 2. The molecule has 0 amide bonds. The van der Waals surface area contributed by atoms with Crippen LogP contribution in [0.3, 0.4) is 0 Å². The van der Waals surface area contributed by atoms with E-state index in [1.807, 2.05) is 19.1 Å². The van der Waals surface area contributed by atoms with E-state index in [0.29, 0.717) is 35.9 Å². The van der Waals surface area contributed by atoms with E-state index in [-0.39, 0.29) is 18.1 Å². The number of nitro benzene ring substituents is 1. The van der Waals surface area contributed by atoms with E-state index >= 15 is 0 Å². The molecule has 0 spiro atoms. The van der Waals surface area contributed by atoms with Crippen molar-refractivity contribution < 1.29 is 18.8 Å². The smallest absolute Gasteiger partial charge is 0.271 e. The molecule has 0 aliphatic carbocycles. The quantitative estimate of drug-likeness (QED) is 0.391. The van der Waals surface area contributed by atoms with E-state index < -0.39 is 4.92 Å². The molecule has 3 aromatic rings. The fraction of sp³-hybridized carbons (Fsp3) is 0.182. The molecule has 0 aromatic heterocycles. The predicted molar refractivity (Wildman–Crippen MR) is 109 cm³/mol. The van der Waals surface area contributed by atoms with Gasteiger partial charge in [-0.2, -0.15) is 0 Å². The highest BCUT2D eigenvalue weighted by molar-refractivity contribution is 5.52. The summed E-state index contributed by atoms with van der Waals surface area (Å²) in [6.07, 6.45) is 0. The van der Waals surface area contributed by atoms with Gasteiger partial charge in [0, 0.05) is 29.9 Å². The summed E-state index contributed by atoms with van der Waals surface area (Å²) in [5, 5.41) is 14.1. The number of halogens is 1. The van der Waals surface area contributed by atoms with E-state index in [2.05, 4.69) is 5.32 Å². The van der Waals surface area contributed by atoms with Crippen LogP contribution in [0.15, 0.2) is 66.7 Å². The van der Waals surface area contributed by atoms with Crippen LogP contribution >= 0.6 is 0 Å². The predicted octanol–water partition coefficient (Wildman–Crippen LogP) is 5.32. The molecule has 0 bridgehead atoms. The lowest BCUT2D eigenvalue weighted by molar-refractivity contribution is -0.384. The minimum absolute atomic E-state index is 0.0295. The molecular weight excluding hydrogens is 375 g/mol. The van der Waals surface area contributed by atoms with Gasteiger partial charge in [0.1, 0.15) is 12.4 Å². The van der Waals surface area contributed by atoms with Gasteiger partial charge in [0.05, 0.1) is 11.5 Å². The summed E-state index contributed by atoms with van der Waals surface area (Å²) in [5.41, 5.74) is 2.06. The highest BCUT2D eigenvalue weighted by Gasteiger charge is 2.10. The zero-order valence-corrected chi connectivity index (χ0v) is 15.9. The van der Waals surface area contributed by atoms with Crippen LogP contribution in [0.1, 0.15) is 18.1 Å². The summed E-state index contributed by atoms with van der Waals surface area (Å²) in [6.45, 7) is 2.87. The van der Waals surface area contributed by atoms with Gasteiger partial charge in [0.25, 0.3) is 5.69 Å². The van der Waals surface area contributed by atoms with Gasteiger partial charge < -0.3 is 14.8 Å². The highest BCUT2D eigenvalue weighted by Crippen LogP contribution is 2.30. The van der Waals surface area contributed by atoms with E-state index in [4.69, 9.17) is 9.47 Å². The molecule has 7 heteroatoms. The Labute approximate surface area is 168 Å². The maximum atomic E-state index is 13.8. The van der Waals surface area contributed by atoms with Crippen LogP contribution in [0.4, 0.5) is 15.8 Å². The van der Waals surface area contributed by atoms with Crippen molar-refractivity contribution in [2.75, 3.05) is 11.9 Å². The molecule has 0 aliphatic rings. The van der Waals surface area contributed by atoms with Crippen LogP contribution in [0, 0.1) is 15.9 Å². The molecule has 0 radical (unpaired) electrons. The molecule has 0 atom stereocenters. The van der Waals surface area contributed by atoms with Gasteiger partial charge in [-0.15, -0.1) is 0 Å². The molecule has 29 heavy (non-hydrogen) atoms. The Morgan fingerprint density at radius 3 is 2.59 bits per heavy atom. The molecule has 0 aliphatic heterocycles. The molecule has 3 rings (SSSR count). The van der Waals surface area contributed by atoms with E-state index in [1.165, 1.54) is 18.2 Å². The number of benzene rings is 3. The third-order valence-electron chi connectivity index (χ3n) is 4.20. The molecule has 0 heterocycles. The van der Waals surface area contributed by atoms with Crippen molar-refractivity contribution in [3.63, 3.8) is 0 Å². The maximum absolute atomic E-state index is 13.8. The third-order valence-corrected chi connectivity index (χ3v) is 4.20. The van der Waals surface area contributed by atoms with Crippen molar-refractivity contribution >= 4 is 11.4 Å². The number of hydrogen-bond acceptors (Lipinski definition) is 5. The zero-order chi connectivity index (χ0) is 20.6. The van der Waals surface area contributed by atoms with Crippen LogP contribution in [-0.4, -0.2) is 11.5 Å². The molecule has 0 fully saturated rings. The van der Waals surface area contributed by atoms with Crippen LogP contribution in [0.2, 0.25) is 0 Å². The van der Waals surface area contributed by atoms with Crippen LogP contribution < -0.4 is 14.8 Å². The van der Waals surface area contributed by atoms with E-state index in [0.717, 1.165) is 5.56 Å². The van der Waals surface area contributed by atoms with Gasteiger partial charge >= 0.3 is 0 Å². The largest absolute Gasteiger partial charge is 0.490 e. The molecule has 0 saturated carbocycles. The summed E-state index contributed by atoms with van der Waals surface area (Å²) in [7, 11) is 0.